The monoisotopic (exact) mass is 209 g/mol. The third kappa shape index (κ3) is 2.18. The van der Waals surface area contributed by atoms with Crippen LogP contribution >= 0.6 is 11.3 Å². The van der Waals surface area contributed by atoms with Crippen molar-refractivity contribution < 1.29 is 0 Å². The van der Waals surface area contributed by atoms with Gasteiger partial charge in [-0.1, -0.05) is 11.3 Å². The number of hydrogen-bond acceptors (Lipinski definition) is 4. The van der Waals surface area contributed by atoms with Crippen LogP contribution in [-0.4, -0.2) is 11.0 Å². The van der Waals surface area contributed by atoms with E-state index in [1.54, 1.807) is 11.3 Å². The summed E-state index contributed by atoms with van der Waals surface area (Å²) in [6.07, 6.45) is 4.89. The van der Waals surface area contributed by atoms with E-state index in [1.807, 2.05) is 13.8 Å². The fourth-order valence-electron chi connectivity index (χ4n) is 1.55. The molecule has 3 nitrogen and oxygen atoms in total. The van der Waals surface area contributed by atoms with Crippen LogP contribution in [0.2, 0.25) is 0 Å². The maximum Gasteiger partial charge on any atom is 0.229 e. The summed E-state index contributed by atoms with van der Waals surface area (Å²) in [5.74, 6) is 0. The van der Waals surface area contributed by atoms with Crippen LogP contribution < -0.4 is 0 Å². The molecule has 0 aromatic carbocycles. The van der Waals surface area contributed by atoms with Crippen LogP contribution in [0.1, 0.15) is 37.3 Å². The zero-order chi connectivity index (χ0) is 9.97. The molecule has 1 heterocycles. The van der Waals surface area contributed by atoms with E-state index in [0.717, 1.165) is 11.6 Å². The number of aryl methyl sites for hydroxylation is 2. The lowest BCUT2D eigenvalue weighted by Gasteiger charge is -2.06. The molecule has 4 heteroatoms. The molecule has 0 fully saturated rings. The molecule has 0 atom stereocenters. The molecule has 2 rings (SSSR count). The van der Waals surface area contributed by atoms with Crippen molar-refractivity contribution in [2.45, 2.75) is 45.6 Å². The van der Waals surface area contributed by atoms with Crippen molar-refractivity contribution in [2.75, 3.05) is 0 Å². The van der Waals surface area contributed by atoms with Gasteiger partial charge in [-0.05, 0) is 39.5 Å². The van der Waals surface area contributed by atoms with E-state index >= 15 is 0 Å². The molecule has 0 aliphatic heterocycles. The summed E-state index contributed by atoms with van der Waals surface area (Å²) < 4.78 is 0. The molecule has 1 aliphatic carbocycles. The van der Waals surface area contributed by atoms with Gasteiger partial charge in [0.2, 0.25) is 5.13 Å². The molecule has 0 saturated carbocycles. The van der Waals surface area contributed by atoms with E-state index in [4.69, 9.17) is 0 Å². The van der Waals surface area contributed by atoms with Gasteiger partial charge in [-0.2, -0.15) is 5.11 Å². The molecule has 76 valence electrons. The highest BCUT2D eigenvalue weighted by Gasteiger charge is 2.14. The highest BCUT2D eigenvalue weighted by molar-refractivity contribution is 7.15. The second kappa shape index (κ2) is 4.17. The molecule has 0 bridgehead atoms. The van der Waals surface area contributed by atoms with Gasteiger partial charge in [0.05, 0.1) is 11.7 Å². The van der Waals surface area contributed by atoms with Gasteiger partial charge in [-0.3, -0.25) is 0 Å². The maximum atomic E-state index is 4.48. The molecule has 0 unspecified atom stereocenters. The summed E-state index contributed by atoms with van der Waals surface area (Å²) >= 11 is 1.71. The Bertz CT molecular complexity index is 318. The van der Waals surface area contributed by atoms with Gasteiger partial charge in [-0.25, -0.2) is 4.98 Å². The second-order valence-corrected chi connectivity index (χ2v) is 4.94. The minimum atomic E-state index is 0.260. The molecule has 0 radical (unpaired) electrons. The zero-order valence-corrected chi connectivity index (χ0v) is 9.47. The first-order chi connectivity index (χ1) is 6.75. The minimum Gasteiger partial charge on any atom is -0.222 e. The lowest BCUT2D eigenvalue weighted by molar-refractivity contribution is 0.682. The Kier molecular flexibility index (Phi) is 2.91. The number of thiazole rings is 1. The summed E-state index contributed by atoms with van der Waals surface area (Å²) in [5, 5.41) is 9.09. The van der Waals surface area contributed by atoms with Gasteiger partial charge >= 0.3 is 0 Å². The first kappa shape index (κ1) is 9.77. The Morgan fingerprint density at radius 3 is 2.79 bits per heavy atom. The van der Waals surface area contributed by atoms with Crippen molar-refractivity contribution in [3.63, 3.8) is 0 Å². The predicted molar refractivity (Wildman–Crippen MR) is 58.4 cm³/mol. The minimum absolute atomic E-state index is 0.260. The Balaban J connectivity index is 2.16. The van der Waals surface area contributed by atoms with E-state index in [0.29, 0.717) is 0 Å². The average molecular weight is 209 g/mol. The lowest BCUT2D eigenvalue weighted by atomic mass is 10.0. The van der Waals surface area contributed by atoms with Crippen LogP contribution in [0.5, 0.6) is 0 Å². The molecule has 1 aromatic rings. The van der Waals surface area contributed by atoms with Crippen LogP contribution in [0.4, 0.5) is 5.13 Å². The van der Waals surface area contributed by atoms with Gasteiger partial charge in [-0.15, -0.1) is 5.11 Å². The van der Waals surface area contributed by atoms with Gasteiger partial charge in [0.25, 0.3) is 0 Å². The number of hydrogen-bond donors (Lipinski definition) is 0. The summed E-state index contributed by atoms with van der Waals surface area (Å²) in [6.45, 7) is 4.05. The van der Waals surface area contributed by atoms with E-state index in [1.165, 1.54) is 29.8 Å². The van der Waals surface area contributed by atoms with Crippen molar-refractivity contribution in [3.8, 4) is 0 Å². The summed E-state index contributed by atoms with van der Waals surface area (Å²) in [4.78, 5) is 5.91. The van der Waals surface area contributed by atoms with Crippen LogP contribution in [0.15, 0.2) is 10.2 Å². The fourth-order valence-corrected chi connectivity index (χ4v) is 2.52. The standard InChI is InChI=1S/C10H15N3S/c1-7(2)12-13-10-11-8-5-3-4-6-9(8)14-10/h7H,3-6H2,1-2H3. The number of fused-ring (bicyclic) bond motifs is 1. The summed E-state index contributed by atoms with van der Waals surface area (Å²) in [5.41, 5.74) is 1.26. The van der Waals surface area contributed by atoms with Crippen LogP contribution in [0.25, 0.3) is 0 Å². The SMILES string of the molecule is CC(C)N=Nc1nc2c(s1)CCCC2. The quantitative estimate of drug-likeness (QED) is 0.687. The average Bonchev–Trinajstić information content (AvgIpc) is 2.57. The smallest absolute Gasteiger partial charge is 0.222 e. The topological polar surface area (TPSA) is 37.6 Å². The maximum absolute atomic E-state index is 4.48. The van der Waals surface area contributed by atoms with E-state index in [2.05, 4.69) is 15.2 Å². The second-order valence-electron chi connectivity index (χ2n) is 3.88. The molecular weight excluding hydrogens is 194 g/mol. The molecule has 1 aromatic heterocycles. The largest absolute Gasteiger partial charge is 0.229 e. The normalized spacial score (nSPS) is 16.5. The first-order valence-corrected chi connectivity index (χ1v) is 5.97. The fraction of sp³-hybridized carbons (Fsp3) is 0.700. The van der Waals surface area contributed by atoms with Crippen LogP contribution in [0.3, 0.4) is 0 Å². The Morgan fingerprint density at radius 1 is 1.29 bits per heavy atom. The lowest BCUT2D eigenvalue weighted by Crippen LogP contribution is -1.98. The molecule has 1 aliphatic rings. The third-order valence-corrected chi connectivity index (χ3v) is 3.25. The van der Waals surface area contributed by atoms with E-state index in [-0.39, 0.29) is 6.04 Å². The highest BCUT2D eigenvalue weighted by atomic mass is 32.1. The number of rotatable bonds is 2. The molecule has 0 N–H and O–H groups in total. The van der Waals surface area contributed by atoms with Gasteiger partial charge in [0.1, 0.15) is 0 Å². The Labute approximate surface area is 88.3 Å². The predicted octanol–water partition coefficient (Wildman–Crippen LogP) is 3.51. The van der Waals surface area contributed by atoms with Crippen LogP contribution in [0, 0.1) is 0 Å². The molecule has 0 amide bonds. The van der Waals surface area contributed by atoms with Crippen molar-refractivity contribution >= 4 is 16.5 Å². The molecule has 14 heavy (non-hydrogen) atoms. The summed E-state index contributed by atoms with van der Waals surface area (Å²) in [6, 6.07) is 0.260. The third-order valence-electron chi connectivity index (χ3n) is 2.21. The summed E-state index contributed by atoms with van der Waals surface area (Å²) in [7, 11) is 0. The van der Waals surface area contributed by atoms with Crippen molar-refractivity contribution in [1.82, 2.24) is 4.98 Å². The highest BCUT2D eigenvalue weighted by Crippen LogP contribution is 2.31. The first-order valence-electron chi connectivity index (χ1n) is 5.15. The van der Waals surface area contributed by atoms with Crippen LogP contribution in [-0.2, 0) is 12.8 Å². The van der Waals surface area contributed by atoms with Crippen molar-refractivity contribution in [1.29, 1.82) is 0 Å². The van der Waals surface area contributed by atoms with Gasteiger partial charge in [0.15, 0.2) is 0 Å². The number of azo groups is 1. The Morgan fingerprint density at radius 2 is 2.07 bits per heavy atom. The Hall–Kier alpha value is -0.770. The number of nitrogens with zero attached hydrogens (tertiary/aromatic N) is 3. The molecular formula is C10H15N3S. The van der Waals surface area contributed by atoms with Gasteiger partial charge < -0.3 is 0 Å². The number of aromatic nitrogens is 1. The zero-order valence-electron chi connectivity index (χ0n) is 8.66. The van der Waals surface area contributed by atoms with Crippen molar-refractivity contribution in [2.24, 2.45) is 10.2 Å². The van der Waals surface area contributed by atoms with E-state index < -0.39 is 0 Å². The van der Waals surface area contributed by atoms with Crippen molar-refractivity contribution in [3.05, 3.63) is 10.6 Å². The molecule has 0 spiro atoms. The van der Waals surface area contributed by atoms with E-state index in [9.17, 15) is 0 Å². The van der Waals surface area contributed by atoms with Gasteiger partial charge in [0, 0.05) is 4.88 Å². The molecule has 0 saturated heterocycles.